The van der Waals surface area contributed by atoms with E-state index in [1.165, 1.54) is 7.11 Å². The molecule has 0 aromatic carbocycles. The number of nitrogens with one attached hydrogen (secondary N) is 1. The minimum absolute atomic E-state index is 0.103. The largest absolute Gasteiger partial charge is 0.467 e. The zero-order chi connectivity index (χ0) is 13.7. The maximum atomic E-state index is 11.3. The van der Waals surface area contributed by atoms with Gasteiger partial charge in [0, 0.05) is 18.2 Å². The first-order valence-electron chi connectivity index (χ1n) is 5.84. The van der Waals surface area contributed by atoms with Gasteiger partial charge in [-0.25, -0.2) is 9.78 Å². The summed E-state index contributed by atoms with van der Waals surface area (Å²) in [7, 11) is 1.34. The Morgan fingerprint density at radius 2 is 2.47 bits per heavy atom. The number of ether oxygens (including phenoxy) is 2. The van der Waals surface area contributed by atoms with E-state index >= 15 is 0 Å². The van der Waals surface area contributed by atoms with Gasteiger partial charge >= 0.3 is 5.97 Å². The van der Waals surface area contributed by atoms with E-state index in [0.29, 0.717) is 19.6 Å². The van der Waals surface area contributed by atoms with Gasteiger partial charge in [0.15, 0.2) is 0 Å². The lowest BCUT2D eigenvalue weighted by Gasteiger charge is -2.37. The molecule has 0 bridgehead atoms. The molecule has 1 aromatic heterocycles. The van der Waals surface area contributed by atoms with Gasteiger partial charge in [0.25, 0.3) is 0 Å². The van der Waals surface area contributed by atoms with Crippen LogP contribution in [0.25, 0.3) is 0 Å². The molecule has 1 atom stereocenters. The highest BCUT2D eigenvalue weighted by Gasteiger charge is 2.36. The van der Waals surface area contributed by atoms with Crippen LogP contribution in [0.2, 0.25) is 0 Å². The van der Waals surface area contributed by atoms with Crippen LogP contribution in [0.15, 0.2) is 22.9 Å². The first kappa shape index (κ1) is 14.4. The van der Waals surface area contributed by atoms with Crippen LogP contribution in [-0.2, 0) is 24.7 Å². The summed E-state index contributed by atoms with van der Waals surface area (Å²) in [5, 5.41) is 0. The number of hydroxylamine groups is 1. The summed E-state index contributed by atoms with van der Waals surface area (Å²) in [4.78, 5) is 20.6. The minimum Gasteiger partial charge on any atom is -0.467 e. The molecular formula is C12H15BrN2O4. The molecule has 1 aromatic rings. The Kier molecular flexibility index (Phi) is 4.87. The fraction of sp³-hybridized carbons (Fsp3) is 0.500. The lowest BCUT2D eigenvalue weighted by Crippen LogP contribution is -2.47. The van der Waals surface area contributed by atoms with Crippen LogP contribution in [0.5, 0.6) is 0 Å². The maximum absolute atomic E-state index is 11.3. The second kappa shape index (κ2) is 6.42. The van der Waals surface area contributed by atoms with Crippen LogP contribution in [0.4, 0.5) is 0 Å². The van der Waals surface area contributed by atoms with Crippen LogP contribution in [-0.4, -0.2) is 37.8 Å². The molecule has 1 saturated heterocycles. The predicted octanol–water partition coefficient (Wildman–Crippen LogP) is 1.15. The van der Waals surface area contributed by atoms with Crippen molar-refractivity contribution in [1.82, 2.24) is 10.5 Å². The van der Waals surface area contributed by atoms with Crippen molar-refractivity contribution in [2.24, 2.45) is 0 Å². The van der Waals surface area contributed by atoms with Crippen molar-refractivity contribution in [2.45, 2.75) is 12.0 Å². The standard InChI is InChI=1S/C12H15BrN2O4/c1-17-11(16)7-18-12(4-5-19-15-8-12)9-2-3-10(13)14-6-9/h2-3,6,15H,4-5,7-8H2,1H3. The average molecular weight is 331 g/mol. The smallest absolute Gasteiger partial charge is 0.331 e. The zero-order valence-corrected chi connectivity index (χ0v) is 12.1. The molecule has 0 radical (unpaired) electrons. The molecule has 1 N–H and O–H groups in total. The number of methoxy groups -OCH3 is 1. The van der Waals surface area contributed by atoms with Crippen LogP contribution in [0, 0.1) is 0 Å². The summed E-state index contributed by atoms with van der Waals surface area (Å²) in [5.74, 6) is -0.407. The van der Waals surface area contributed by atoms with E-state index < -0.39 is 11.6 Å². The Morgan fingerprint density at radius 3 is 3.05 bits per heavy atom. The second-order valence-corrected chi connectivity index (χ2v) is 4.96. The quantitative estimate of drug-likeness (QED) is 0.659. The van der Waals surface area contributed by atoms with E-state index in [-0.39, 0.29) is 6.61 Å². The highest BCUT2D eigenvalue weighted by Crippen LogP contribution is 2.31. The van der Waals surface area contributed by atoms with Crippen LogP contribution >= 0.6 is 15.9 Å². The Labute approximate surface area is 119 Å². The number of nitrogens with zero attached hydrogens (tertiary/aromatic N) is 1. The lowest BCUT2D eigenvalue weighted by molar-refractivity contribution is -0.167. The molecule has 2 heterocycles. The number of carbonyl (C=O) groups excluding carboxylic acids is 1. The molecular weight excluding hydrogens is 316 g/mol. The summed E-state index contributed by atoms with van der Waals surface area (Å²) in [5.41, 5.74) is 3.09. The van der Waals surface area contributed by atoms with E-state index in [1.54, 1.807) is 6.20 Å². The molecule has 0 aliphatic carbocycles. The van der Waals surface area contributed by atoms with Crippen molar-refractivity contribution < 1.29 is 19.1 Å². The Morgan fingerprint density at radius 1 is 1.63 bits per heavy atom. The third-order valence-corrected chi connectivity index (χ3v) is 3.48. The summed E-state index contributed by atoms with van der Waals surface area (Å²) in [6.07, 6.45) is 2.37. The summed E-state index contributed by atoms with van der Waals surface area (Å²) in [6, 6.07) is 3.76. The molecule has 2 rings (SSSR count). The molecule has 6 nitrogen and oxygen atoms in total. The molecule has 0 saturated carbocycles. The Balaban J connectivity index is 2.18. The summed E-state index contributed by atoms with van der Waals surface area (Å²) < 4.78 is 11.1. The van der Waals surface area contributed by atoms with Gasteiger partial charge in [-0.05, 0) is 22.0 Å². The Bertz CT molecular complexity index is 432. The van der Waals surface area contributed by atoms with E-state index in [9.17, 15) is 4.79 Å². The second-order valence-electron chi connectivity index (χ2n) is 4.15. The van der Waals surface area contributed by atoms with E-state index in [1.807, 2.05) is 12.1 Å². The van der Waals surface area contributed by atoms with Gasteiger partial charge in [-0.3, -0.25) is 0 Å². The number of esters is 1. The molecule has 1 fully saturated rings. The van der Waals surface area contributed by atoms with Gasteiger partial charge < -0.3 is 14.3 Å². The van der Waals surface area contributed by atoms with Crippen LogP contribution in [0.1, 0.15) is 12.0 Å². The van der Waals surface area contributed by atoms with Crippen molar-refractivity contribution in [2.75, 3.05) is 26.9 Å². The lowest BCUT2D eigenvalue weighted by atomic mass is 9.91. The SMILES string of the molecule is COC(=O)COC1(c2ccc(Br)nc2)CCONC1. The highest BCUT2D eigenvalue weighted by atomic mass is 79.9. The van der Waals surface area contributed by atoms with E-state index in [2.05, 4.69) is 31.1 Å². The molecule has 7 heteroatoms. The maximum Gasteiger partial charge on any atom is 0.331 e. The number of pyridine rings is 1. The van der Waals surface area contributed by atoms with Crippen LogP contribution < -0.4 is 5.48 Å². The third kappa shape index (κ3) is 3.50. The highest BCUT2D eigenvalue weighted by molar-refractivity contribution is 9.10. The van der Waals surface area contributed by atoms with Gasteiger partial charge in [-0.1, -0.05) is 6.07 Å². The Hall–Kier alpha value is -1.02. The van der Waals surface area contributed by atoms with Gasteiger partial charge in [0.2, 0.25) is 0 Å². The zero-order valence-electron chi connectivity index (χ0n) is 10.5. The van der Waals surface area contributed by atoms with E-state index in [4.69, 9.17) is 9.57 Å². The number of carbonyl (C=O) groups is 1. The monoisotopic (exact) mass is 330 g/mol. The first-order valence-corrected chi connectivity index (χ1v) is 6.63. The fourth-order valence-corrected chi connectivity index (χ4v) is 2.13. The van der Waals surface area contributed by atoms with Crippen molar-refractivity contribution in [3.63, 3.8) is 0 Å². The molecule has 1 aliphatic heterocycles. The summed E-state index contributed by atoms with van der Waals surface area (Å²) in [6.45, 7) is 0.846. The van der Waals surface area contributed by atoms with Gasteiger partial charge in [-0.2, -0.15) is 5.48 Å². The number of rotatable bonds is 4. The average Bonchev–Trinajstić information content (AvgIpc) is 2.46. The molecule has 19 heavy (non-hydrogen) atoms. The molecule has 0 spiro atoms. The number of aromatic nitrogens is 1. The molecule has 1 aliphatic rings. The van der Waals surface area contributed by atoms with Gasteiger partial charge in [0.1, 0.15) is 16.8 Å². The number of hydrogen-bond donors (Lipinski definition) is 1. The normalized spacial score (nSPS) is 23.1. The molecule has 1 unspecified atom stereocenters. The van der Waals surface area contributed by atoms with E-state index in [0.717, 1.165) is 10.2 Å². The molecule has 104 valence electrons. The van der Waals surface area contributed by atoms with Crippen molar-refractivity contribution in [3.8, 4) is 0 Å². The van der Waals surface area contributed by atoms with Crippen molar-refractivity contribution in [1.29, 1.82) is 0 Å². The minimum atomic E-state index is -0.625. The van der Waals surface area contributed by atoms with Crippen molar-refractivity contribution >= 4 is 21.9 Å². The number of hydrogen-bond acceptors (Lipinski definition) is 6. The fourth-order valence-electron chi connectivity index (χ4n) is 1.90. The van der Waals surface area contributed by atoms with Crippen LogP contribution in [0.3, 0.4) is 0 Å². The number of halogens is 1. The third-order valence-electron chi connectivity index (χ3n) is 3.02. The predicted molar refractivity (Wildman–Crippen MR) is 70.2 cm³/mol. The molecule has 0 amide bonds. The first-order chi connectivity index (χ1) is 9.16. The summed E-state index contributed by atoms with van der Waals surface area (Å²) >= 11 is 3.29. The van der Waals surface area contributed by atoms with Gasteiger partial charge in [-0.15, -0.1) is 0 Å². The van der Waals surface area contributed by atoms with Gasteiger partial charge in [0.05, 0.1) is 20.3 Å². The van der Waals surface area contributed by atoms with Crippen molar-refractivity contribution in [3.05, 3.63) is 28.5 Å². The topological polar surface area (TPSA) is 69.7 Å².